The summed E-state index contributed by atoms with van der Waals surface area (Å²) >= 11 is 6.27. The van der Waals surface area contributed by atoms with Crippen LogP contribution in [0.4, 0.5) is 4.79 Å². The number of aromatic nitrogens is 2. The van der Waals surface area contributed by atoms with E-state index in [0.29, 0.717) is 24.7 Å². The number of hydrazine groups is 1. The second-order valence-corrected chi connectivity index (χ2v) is 4.81. The van der Waals surface area contributed by atoms with Gasteiger partial charge in [0.25, 0.3) is 0 Å². The molecule has 2 N–H and O–H groups in total. The Morgan fingerprint density at radius 1 is 1.44 bits per heavy atom. The number of rotatable bonds is 3. The van der Waals surface area contributed by atoms with Gasteiger partial charge >= 0.3 is 6.03 Å². The summed E-state index contributed by atoms with van der Waals surface area (Å²) < 4.78 is 1.74. The van der Waals surface area contributed by atoms with Crippen LogP contribution in [-0.2, 0) is 20.0 Å². The molecule has 0 aromatic carbocycles. The van der Waals surface area contributed by atoms with Gasteiger partial charge in [0.1, 0.15) is 0 Å². The van der Waals surface area contributed by atoms with E-state index < -0.39 is 0 Å². The second-order valence-electron chi connectivity index (χ2n) is 4.44. The van der Waals surface area contributed by atoms with E-state index in [2.05, 4.69) is 5.10 Å². The Morgan fingerprint density at radius 3 is 2.78 bits per heavy atom. The molecule has 0 atom stereocenters. The maximum atomic E-state index is 11.9. The topological polar surface area (TPSA) is 67.4 Å². The molecule has 100 valence electrons. The molecule has 18 heavy (non-hydrogen) atoms. The monoisotopic (exact) mass is 271 g/mol. The molecule has 2 amide bonds. The molecule has 0 saturated carbocycles. The van der Waals surface area contributed by atoms with Crippen LogP contribution >= 0.6 is 11.6 Å². The molecule has 1 aromatic heterocycles. The van der Waals surface area contributed by atoms with Crippen LogP contribution in [0.25, 0.3) is 0 Å². The van der Waals surface area contributed by atoms with Gasteiger partial charge in [-0.15, -0.1) is 0 Å². The first-order chi connectivity index (χ1) is 8.54. The number of hydrogen-bond acceptors (Lipinski definition) is 3. The predicted octanol–water partition coefficient (Wildman–Crippen LogP) is 1.14. The fourth-order valence-electron chi connectivity index (χ4n) is 2.12. The van der Waals surface area contributed by atoms with Gasteiger partial charge in [0, 0.05) is 20.1 Å². The summed E-state index contributed by atoms with van der Waals surface area (Å²) in [5.74, 6) is 5.62. The Labute approximate surface area is 111 Å². The van der Waals surface area contributed by atoms with Crippen LogP contribution in [0.15, 0.2) is 0 Å². The van der Waals surface area contributed by atoms with Gasteiger partial charge < -0.3 is 4.90 Å². The molecule has 1 saturated heterocycles. The first-order valence-corrected chi connectivity index (χ1v) is 6.43. The fraction of sp³-hybridized carbons (Fsp3) is 0.636. The Morgan fingerprint density at radius 2 is 2.17 bits per heavy atom. The number of carbonyl (C=O) groups is 1. The summed E-state index contributed by atoms with van der Waals surface area (Å²) in [4.78, 5) is 13.6. The van der Waals surface area contributed by atoms with Crippen LogP contribution in [0.5, 0.6) is 0 Å². The van der Waals surface area contributed by atoms with Crippen molar-refractivity contribution in [1.29, 1.82) is 0 Å². The van der Waals surface area contributed by atoms with E-state index in [9.17, 15) is 4.79 Å². The minimum Gasteiger partial charge on any atom is -0.318 e. The summed E-state index contributed by atoms with van der Waals surface area (Å²) in [5.41, 5.74) is 1.72. The molecular weight excluding hydrogens is 254 g/mol. The molecule has 1 aliphatic rings. The summed E-state index contributed by atoms with van der Waals surface area (Å²) in [6.45, 7) is 3.77. The molecule has 7 heteroatoms. The van der Waals surface area contributed by atoms with Crippen molar-refractivity contribution in [2.45, 2.75) is 26.3 Å². The minimum atomic E-state index is -0.156. The van der Waals surface area contributed by atoms with Crippen molar-refractivity contribution in [2.75, 3.05) is 13.1 Å². The molecule has 1 aromatic rings. The maximum Gasteiger partial charge on any atom is 0.334 e. The van der Waals surface area contributed by atoms with Crippen molar-refractivity contribution in [3.05, 3.63) is 16.4 Å². The zero-order chi connectivity index (χ0) is 13.3. The zero-order valence-electron chi connectivity index (χ0n) is 10.7. The number of nitrogens with zero attached hydrogens (tertiary/aromatic N) is 4. The number of amides is 2. The van der Waals surface area contributed by atoms with Gasteiger partial charge in [-0.3, -0.25) is 9.69 Å². The number of nitrogens with two attached hydrogens (primary N) is 1. The maximum absolute atomic E-state index is 11.9. The molecule has 0 aliphatic carbocycles. The van der Waals surface area contributed by atoms with Crippen molar-refractivity contribution in [3.8, 4) is 0 Å². The number of halogens is 1. The quantitative estimate of drug-likeness (QED) is 0.662. The van der Waals surface area contributed by atoms with Gasteiger partial charge in [-0.2, -0.15) is 5.10 Å². The zero-order valence-corrected chi connectivity index (χ0v) is 11.4. The molecule has 6 nitrogen and oxygen atoms in total. The molecular formula is C11H18ClN5O. The van der Waals surface area contributed by atoms with E-state index in [1.54, 1.807) is 9.58 Å². The van der Waals surface area contributed by atoms with Crippen LogP contribution in [0, 0.1) is 0 Å². The number of hydrogen-bond donors (Lipinski definition) is 1. The number of aryl methyl sites for hydroxylation is 2. The molecule has 0 bridgehead atoms. The van der Waals surface area contributed by atoms with E-state index in [1.165, 1.54) is 5.01 Å². The lowest BCUT2D eigenvalue weighted by atomic mass is 10.2. The van der Waals surface area contributed by atoms with E-state index in [1.807, 2.05) is 14.0 Å². The van der Waals surface area contributed by atoms with E-state index in [-0.39, 0.29) is 6.03 Å². The van der Waals surface area contributed by atoms with Crippen LogP contribution in [0.3, 0.4) is 0 Å². The first kappa shape index (κ1) is 13.2. The Bertz CT molecular complexity index is 459. The van der Waals surface area contributed by atoms with Gasteiger partial charge in [-0.1, -0.05) is 18.5 Å². The summed E-state index contributed by atoms with van der Waals surface area (Å²) in [5, 5.41) is 6.24. The minimum absolute atomic E-state index is 0.156. The largest absolute Gasteiger partial charge is 0.334 e. The highest BCUT2D eigenvalue weighted by molar-refractivity contribution is 6.31. The number of urea groups is 1. The average molecular weight is 272 g/mol. The van der Waals surface area contributed by atoms with E-state index in [0.717, 1.165) is 24.2 Å². The average Bonchev–Trinajstić information content (AvgIpc) is 2.62. The van der Waals surface area contributed by atoms with Crippen LogP contribution in [0.1, 0.15) is 24.7 Å². The van der Waals surface area contributed by atoms with Crippen LogP contribution in [0.2, 0.25) is 5.02 Å². The number of carbonyl (C=O) groups excluding carboxylic acids is 1. The van der Waals surface area contributed by atoms with E-state index >= 15 is 0 Å². The molecule has 0 radical (unpaired) electrons. The van der Waals surface area contributed by atoms with Crippen molar-refractivity contribution in [2.24, 2.45) is 12.9 Å². The molecule has 0 unspecified atom stereocenters. The lowest BCUT2D eigenvalue weighted by molar-refractivity contribution is 0.126. The fourth-order valence-corrected chi connectivity index (χ4v) is 2.48. The first-order valence-electron chi connectivity index (χ1n) is 6.06. The Kier molecular flexibility index (Phi) is 3.77. The highest BCUT2D eigenvalue weighted by Crippen LogP contribution is 2.23. The van der Waals surface area contributed by atoms with Gasteiger partial charge in [0.2, 0.25) is 0 Å². The van der Waals surface area contributed by atoms with Gasteiger partial charge in [0.15, 0.2) is 0 Å². The third-order valence-corrected chi connectivity index (χ3v) is 3.62. The standard InChI is InChI=1S/C11H18ClN5O/c1-3-8-10(12)9(15(2)14-8)7-16-5-4-6-17(13)11(16)18/h3-7,13H2,1-2H3. The third kappa shape index (κ3) is 2.30. The molecule has 2 rings (SSSR count). The molecule has 0 spiro atoms. The summed E-state index contributed by atoms with van der Waals surface area (Å²) in [7, 11) is 1.84. The predicted molar refractivity (Wildman–Crippen MR) is 68.9 cm³/mol. The highest BCUT2D eigenvalue weighted by Gasteiger charge is 2.25. The molecule has 1 aliphatic heterocycles. The Balaban J connectivity index is 2.18. The Hall–Kier alpha value is -1.27. The normalized spacial score (nSPS) is 16.6. The smallest absolute Gasteiger partial charge is 0.318 e. The second kappa shape index (κ2) is 5.16. The summed E-state index contributed by atoms with van der Waals surface area (Å²) in [6, 6.07) is -0.156. The molecule has 1 fully saturated rings. The van der Waals surface area contributed by atoms with Crippen LogP contribution < -0.4 is 5.84 Å². The van der Waals surface area contributed by atoms with Crippen molar-refractivity contribution < 1.29 is 4.79 Å². The van der Waals surface area contributed by atoms with Crippen molar-refractivity contribution >= 4 is 17.6 Å². The lowest BCUT2D eigenvalue weighted by Crippen LogP contribution is -2.52. The van der Waals surface area contributed by atoms with Crippen LogP contribution in [-0.4, -0.2) is 38.8 Å². The third-order valence-electron chi connectivity index (χ3n) is 3.19. The van der Waals surface area contributed by atoms with E-state index in [4.69, 9.17) is 17.4 Å². The van der Waals surface area contributed by atoms with Crippen molar-refractivity contribution in [3.63, 3.8) is 0 Å². The molecule has 2 heterocycles. The lowest BCUT2D eigenvalue weighted by Gasteiger charge is -2.32. The van der Waals surface area contributed by atoms with Crippen molar-refractivity contribution in [1.82, 2.24) is 19.7 Å². The highest BCUT2D eigenvalue weighted by atomic mass is 35.5. The summed E-state index contributed by atoms with van der Waals surface area (Å²) in [6.07, 6.45) is 1.65. The SMILES string of the molecule is CCc1nn(C)c(CN2CCCN(N)C2=O)c1Cl. The van der Waals surface area contributed by atoms with Gasteiger partial charge in [-0.05, 0) is 12.8 Å². The van der Waals surface area contributed by atoms with Gasteiger partial charge in [0.05, 0.1) is 23.0 Å². The van der Waals surface area contributed by atoms with Gasteiger partial charge in [-0.25, -0.2) is 10.6 Å².